The lowest BCUT2D eigenvalue weighted by molar-refractivity contribution is 0.0440. The lowest BCUT2D eigenvalue weighted by atomic mass is 9.92. The van der Waals surface area contributed by atoms with E-state index in [1.807, 2.05) is 13.1 Å². The normalized spacial score (nSPS) is 18.6. The third-order valence-electron chi connectivity index (χ3n) is 3.28. The van der Waals surface area contributed by atoms with E-state index in [1.165, 1.54) is 11.1 Å². The molecule has 1 N–H and O–H groups in total. The van der Waals surface area contributed by atoms with Crippen LogP contribution in [0.1, 0.15) is 17.2 Å². The quantitative estimate of drug-likeness (QED) is 0.899. The van der Waals surface area contributed by atoms with Crippen molar-refractivity contribution in [2.24, 2.45) is 0 Å². The summed E-state index contributed by atoms with van der Waals surface area (Å²) in [5.74, 6) is 0.692. The molecule has 3 rings (SSSR count). The fourth-order valence-electron chi connectivity index (χ4n) is 2.49. The number of aromatic nitrogens is 1. The van der Waals surface area contributed by atoms with Crippen LogP contribution in [-0.2, 0) is 11.2 Å². The maximum atomic E-state index is 5.80. The van der Waals surface area contributed by atoms with Crippen molar-refractivity contribution in [1.29, 1.82) is 0 Å². The molecule has 2 heterocycles. The van der Waals surface area contributed by atoms with Crippen LogP contribution in [0.5, 0.6) is 0 Å². The van der Waals surface area contributed by atoms with Crippen LogP contribution in [0.4, 0.5) is 0 Å². The average molecular weight is 244 g/mol. The van der Waals surface area contributed by atoms with E-state index in [9.17, 15) is 0 Å². The van der Waals surface area contributed by atoms with E-state index < -0.39 is 0 Å². The van der Waals surface area contributed by atoms with Crippen molar-refractivity contribution in [3.05, 3.63) is 41.8 Å². The van der Waals surface area contributed by atoms with Crippen molar-refractivity contribution in [1.82, 2.24) is 10.3 Å². The Labute approximate surface area is 106 Å². The van der Waals surface area contributed by atoms with Gasteiger partial charge in [0.1, 0.15) is 6.26 Å². The van der Waals surface area contributed by atoms with Crippen molar-refractivity contribution >= 4 is 0 Å². The molecule has 94 valence electrons. The van der Waals surface area contributed by atoms with Crippen LogP contribution < -0.4 is 5.32 Å². The summed E-state index contributed by atoms with van der Waals surface area (Å²) in [5, 5.41) is 3.17. The van der Waals surface area contributed by atoms with Crippen molar-refractivity contribution in [3.8, 4) is 11.5 Å². The predicted molar refractivity (Wildman–Crippen MR) is 68.3 cm³/mol. The molecule has 0 radical (unpaired) electrons. The maximum absolute atomic E-state index is 5.80. The van der Waals surface area contributed by atoms with Gasteiger partial charge in [-0.15, -0.1) is 0 Å². The standard InChI is InChI=1S/C14H16N2O2/c1-15-9-13-11-3-2-4-12(10(11)5-7-17-13)14-16-6-8-18-14/h2-4,6,8,13,15H,5,7,9H2,1H3. The number of fused-ring (bicyclic) bond motifs is 1. The van der Waals surface area contributed by atoms with Gasteiger partial charge in [-0.1, -0.05) is 12.1 Å². The Bertz CT molecular complexity index is 523. The number of nitrogens with one attached hydrogen (secondary N) is 1. The number of likely N-dealkylation sites (N-methyl/N-ethyl adjacent to an activating group) is 1. The van der Waals surface area contributed by atoms with E-state index in [1.54, 1.807) is 12.5 Å². The number of hydrogen-bond donors (Lipinski definition) is 1. The highest BCUT2D eigenvalue weighted by Crippen LogP contribution is 2.33. The van der Waals surface area contributed by atoms with Gasteiger partial charge in [0.25, 0.3) is 0 Å². The van der Waals surface area contributed by atoms with Gasteiger partial charge in [-0.3, -0.25) is 0 Å². The molecule has 0 saturated heterocycles. The SMILES string of the molecule is CNCC1OCCc2c(-c3ncco3)cccc21. The highest BCUT2D eigenvalue weighted by atomic mass is 16.5. The van der Waals surface area contributed by atoms with Crippen molar-refractivity contribution in [2.75, 3.05) is 20.2 Å². The Hall–Kier alpha value is -1.65. The van der Waals surface area contributed by atoms with Gasteiger partial charge in [-0.2, -0.15) is 0 Å². The second-order valence-corrected chi connectivity index (χ2v) is 4.38. The molecule has 0 aliphatic carbocycles. The first-order chi connectivity index (χ1) is 8.90. The van der Waals surface area contributed by atoms with Crippen LogP contribution in [0, 0.1) is 0 Å². The van der Waals surface area contributed by atoms with Crippen molar-refractivity contribution in [3.63, 3.8) is 0 Å². The van der Waals surface area contributed by atoms with Gasteiger partial charge < -0.3 is 14.5 Å². The monoisotopic (exact) mass is 244 g/mol. The van der Waals surface area contributed by atoms with Crippen LogP contribution in [0.15, 0.2) is 35.1 Å². The molecule has 0 saturated carbocycles. The molecule has 4 nitrogen and oxygen atoms in total. The Morgan fingerprint density at radius 3 is 3.17 bits per heavy atom. The summed E-state index contributed by atoms with van der Waals surface area (Å²) in [6.45, 7) is 1.57. The summed E-state index contributed by atoms with van der Waals surface area (Å²) < 4.78 is 11.2. The first-order valence-electron chi connectivity index (χ1n) is 6.18. The zero-order chi connectivity index (χ0) is 12.4. The van der Waals surface area contributed by atoms with E-state index >= 15 is 0 Å². The van der Waals surface area contributed by atoms with E-state index in [4.69, 9.17) is 9.15 Å². The van der Waals surface area contributed by atoms with Gasteiger partial charge >= 0.3 is 0 Å². The average Bonchev–Trinajstić information content (AvgIpc) is 2.93. The van der Waals surface area contributed by atoms with Crippen molar-refractivity contribution < 1.29 is 9.15 Å². The Morgan fingerprint density at radius 1 is 1.44 bits per heavy atom. The fourth-order valence-corrected chi connectivity index (χ4v) is 2.49. The van der Waals surface area contributed by atoms with E-state index in [2.05, 4.69) is 22.4 Å². The van der Waals surface area contributed by atoms with E-state index in [-0.39, 0.29) is 6.10 Å². The first kappa shape index (κ1) is 11.4. The lowest BCUT2D eigenvalue weighted by Crippen LogP contribution is -2.25. The van der Waals surface area contributed by atoms with Crippen LogP contribution in [0.25, 0.3) is 11.5 Å². The third kappa shape index (κ3) is 1.94. The Kier molecular flexibility index (Phi) is 3.13. The van der Waals surface area contributed by atoms with Crippen LogP contribution in [-0.4, -0.2) is 25.2 Å². The van der Waals surface area contributed by atoms with E-state index in [0.717, 1.165) is 25.1 Å². The zero-order valence-electron chi connectivity index (χ0n) is 10.3. The van der Waals surface area contributed by atoms with Gasteiger partial charge in [-0.05, 0) is 30.7 Å². The minimum Gasteiger partial charge on any atom is -0.445 e. The summed E-state index contributed by atoms with van der Waals surface area (Å²) >= 11 is 0. The molecule has 0 amide bonds. The lowest BCUT2D eigenvalue weighted by Gasteiger charge is -2.27. The summed E-state index contributed by atoms with van der Waals surface area (Å²) in [6, 6.07) is 6.23. The molecular weight excluding hydrogens is 228 g/mol. The summed E-state index contributed by atoms with van der Waals surface area (Å²) in [6.07, 6.45) is 4.32. The highest BCUT2D eigenvalue weighted by Gasteiger charge is 2.23. The molecule has 1 aromatic carbocycles. The first-order valence-corrected chi connectivity index (χ1v) is 6.18. The molecule has 1 aromatic heterocycles. The van der Waals surface area contributed by atoms with Gasteiger partial charge in [0, 0.05) is 12.1 Å². The molecule has 4 heteroatoms. The topological polar surface area (TPSA) is 47.3 Å². The molecule has 0 spiro atoms. The van der Waals surface area contributed by atoms with Gasteiger partial charge in [-0.25, -0.2) is 4.98 Å². The molecule has 1 aliphatic rings. The van der Waals surface area contributed by atoms with E-state index in [0.29, 0.717) is 5.89 Å². The second-order valence-electron chi connectivity index (χ2n) is 4.38. The second kappa shape index (κ2) is 4.92. The number of ether oxygens (including phenoxy) is 1. The van der Waals surface area contributed by atoms with Crippen LogP contribution in [0.2, 0.25) is 0 Å². The number of hydrogen-bond acceptors (Lipinski definition) is 4. The molecular formula is C14H16N2O2. The fraction of sp³-hybridized carbons (Fsp3) is 0.357. The zero-order valence-corrected chi connectivity index (χ0v) is 10.3. The molecule has 0 bridgehead atoms. The number of rotatable bonds is 3. The minimum absolute atomic E-state index is 0.119. The predicted octanol–water partition coefficient (Wildman–Crippen LogP) is 2.17. The van der Waals surface area contributed by atoms with Gasteiger partial charge in [0.2, 0.25) is 5.89 Å². The largest absolute Gasteiger partial charge is 0.445 e. The molecule has 0 fully saturated rings. The summed E-state index contributed by atoms with van der Waals surface area (Å²) in [4.78, 5) is 4.24. The van der Waals surface area contributed by atoms with Crippen molar-refractivity contribution in [2.45, 2.75) is 12.5 Å². The molecule has 2 aromatic rings. The third-order valence-corrected chi connectivity index (χ3v) is 3.28. The molecule has 1 unspecified atom stereocenters. The number of nitrogens with zero attached hydrogens (tertiary/aromatic N) is 1. The van der Waals surface area contributed by atoms with Gasteiger partial charge in [0.15, 0.2) is 0 Å². The minimum atomic E-state index is 0.119. The van der Waals surface area contributed by atoms with Crippen LogP contribution in [0.3, 0.4) is 0 Å². The smallest absolute Gasteiger partial charge is 0.226 e. The number of oxazole rings is 1. The summed E-state index contributed by atoms with van der Waals surface area (Å²) in [5.41, 5.74) is 3.62. The van der Waals surface area contributed by atoms with Gasteiger partial charge in [0.05, 0.1) is 18.9 Å². The molecule has 1 atom stereocenters. The summed E-state index contributed by atoms with van der Waals surface area (Å²) in [7, 11) is 1.94. The van der Waals surface area contributed by atoms with Crippen LogP contribution >= 0.6 is 0 Å². The molecule has 1 aliphatic heterocycles. The number of benzene rings is 1. The highest BCUT2D eigenvalue weighted by molar-refractivity contribution is 5.61. The molecule has 18 heavy (non-hydrogen) atoms. The maximum Gasteiger partial charge on any atom is 0.226 e. The Balaban J connectivity index is 2.06. The Morgan fingerprint density at radius 2 is 2.39 bits per heavy atom.